The maximum Gasteiger partial charge on any atom is 0.262 e. The molecule has 14 heavy (non-hydrogen) atoms. The molecule has 0 amide bonds. The fraction of sp³-hybridized carbons (Fsp3) is 0.125. The highest BCUT2D eigenvalue weighted by Crippen LogP contribution is 2.26. The van der Waals surface area contributed by atoms with Crippen LogP contribution in [0.5, 0.6) is 5.75 Å². The van der Waals surface area contributed by atoms with Crippen LogP contribution in [0, 0.1) is 11.3 Å². The standard InChI is InChI=1S/C8H6ClNO3S/c1-13-7-3-2-4-8(6(7)5-10)14(9,11)12/h2-4H,1H3. The minimum Gasteiger partial charge on any atom is -0.495 e. The molecule has 0 unspecified atom stereocenters. The molecule has 0 saturated heterocycles. The molecule has 1 rings (SSSR count). The molecule has 0 N–H and O–H groups in total. The average Bonchev–Trinajstić information content (AvgIpc) is 2.15. The molecule has 0 atom stereocenters. The van der Waals surface area contributed by atoms with Gasteiger partial charge >= 0.3 is 0 Å². The molecule has 74 valence electrons. The second kappa shape index (κ2) is 3.86. The van der Waals surface area contributed by atoms with Crippen molar-refractivity contribution in [3.8, 4) is 11.8 Å². The Hall–Kier alpha value is -1.25. The number of ether oxygens (including phenoxy) is 1. The Labute approximate surface area is 86.1 Å². The second-order valence-electron chi connectivity index (χ2n) is 2.38. The van der Waals surface area contributed by atoms with Gasteiger partial charge in [0.25, 0.3) is 9.05 Å². The van der Waals surface area contributed by atoms with E-state index in [4.69, 9.17) is 20.7 Å². The van der Waals surface area contributed by atoms with Crippen molar-refractivity contribution in [1.29, 1.82) is 5.26 Å². The van der Waals surface area contributed by atoms with E-state index in [0.717, 1.165) is 0 Å². The van der Waals surface area contributed by atoms with Crippen molar-refractivity contribution in [2.45, 2.75) is 4.90 Å². The van der Waals surface area contributed by atoms with Crippen LogP contribution in [0.15, 0.2) is 23.1 Å². The summed E-state index contributed by atoms with van der Waals surface area (Å²) in [5.74, 6) is 0.189. The third kappa shape index (κ3) is 1.97. The number of methoxy groups -OCH3 is 1. The van der Waals surface area contributed by atoms with Gasteiger partial charge < -0.3 is 4.74 Å². The first kappa shape index (κ1) is 10.8. The van der Waals surface area contributed by atoms with Crippen molar-refractivity contribution in [2.24, 2.45) is 0 Å². The van der Waals surface area contributed by atoms with Crippen LogP contribution in [0.1, 0.15) is 5.56 Å². The Balaban J connectivity index is 3.55. The van der Waals surface area contributed by atoms with Gasteiger partial charge in [-0.1, -0.05) is 6.07 Å². The van der Waals surface area contributed by atoms with E-state index in [1.165, 1.54) is 25.3 Å². The molecule has 0 aliphatic carbocycles. The first-order chi connectivity index (χ1) is 6.50. The quantitative estimate of drug-likeness (QED) is 0.724. The number of rotatable bonds is 2. The van der Waals surface area contributed by atoms with Gasteiger partial charge in [0, 0.05) is 10.7 Å². The zero-order valence-electron chi connectivity index (χ0n) is 7.19. The lowest BCUT2D eigenvalue weighted by atomic mass is 10.2. The van der Waals surface area contributed by atoms with Gasteiger partial charge in [-0.05, 0) is 12.1 Å². The molecule has 4 nitrogen and oxygen atoms in total. The van der Waals surface area contributed by atoms with Crippen molar-refractivity contribution in [3.05, 3.63) is 23.8 Å². The molecule has 0 aromatic heterocycles. The van der Waals surface area contributed by atoms with Gasteiger partial charge in [0.2, 0.25) is 0 Å². The predicted molar refractivity (Wildman–Crippen MR) is 50.7 cm³/mol. The molecule has 0 fully saturated rings. The Morgan fingerprint density at radius 3 is 2.57 bits per heavy atom. The summed E-state index contributed by atoms with van der Waals surface area (Å²) in [7, 11) is 2.58. The highest BCUT2D eigenvalue weighted by atomic mass is 35.7. The highest BCUT2D eigenvalue weighted by molar-refractivity contribution is 8.13. The zero-order chi connectivity index (χ0) is 10.8. The summed E-state index contributed by atoms with van der Waals surface area (Å²) in [6.45, 7) is 0. The molecule has 6 heteroatoms. The van der Waals surface area contributed by atoms with Crippen LogP contribution >= 0.6 is 10.7 Å². The Kier molecular flexibility index (Phi) is 2.99. The molecular formula is C8H6ClNO3S. The minimum atomic E-state index is -3.91. The molecule has 0 spiro atoms. The van der Waals surface area contributed by atoms with Gasteiger partial charge in [0.15, 0.2) is 0 Å². The maximum atomic E-state index is 11.0. The molecule has 0 saturated carbocycles. The van der Waals surface area contributed by atoms with E-state index in [1.807, 2.05) is 0 Å². The zero-order valence-corrected chi connectivity index (χ0v) is 8.76. The average molecular weight is 232 g/mol. The van der Waals surface area contributed by atoms with Crippen molar-refractivity contribution in [3.63, 3.8) is 0 Å². The summed E-state index contributed by atoms with van der Waals surface area (Å²) < 4.78 is 26.9. The molecule has 0 radical (unpaired) electrons. The number of benzene rings is 1. The van der Waals surface area contributed by atoms with Crippen molar-refractivity contribution < 1.29 is 13.2 Å². The summed E-state index contributed by atoms with van der Waals surface area (Å²) in [4.78, 5) is -0.235. The largest absolute Gasteiger partial charge is 0.495 e. The van der Waals surface area contributed by atoms with Crippen LogP contribution in [0.4, 0.5) is 0 Å². The SMILES string of the molecule is COc1cccc(S(=O)(=O)Cl)c1C#N. The van der Waals surface area contributed by atoms with E-state index < -0.39 is 9.05 Å². The third-order valence-electron chi connectivity index (χ3n) is 1.58. The molecule has 0 bridgehead atoms. The molecule has 0 aliphatic heterocycles. The normalized spacial score (nSPS) is 10.6. The van der Waals surface area contributed by atoms with Crippen LogP contribution in [0.25, 0.3) is 0 Å². The lowest BCUT2D eigenvalue weighted by molar-refractivity contribution is 0.412. The van der Waals surface area contributed by atoms with Gasteiger partial charge in [-0.2, -0.15) is 5.26 Å². The molecular weight excluding hydrogens is 226 g/mol. The fourth-order valence-corrected chi connectivity index (χ4v) is 2.01. The number of nitriles is 1. The van der Waals surface area contributed by atoms with Gasteiger partial charge in [-0.25, -0.2) is 8.42 Å². The monoisotopic (exact) mass is 231 g/mol. The number of halogens is 1. The maximum absolute atomic E-state index is 11.0. The number of hydrogen-bond donors (Lipinski definition) is 0. The third-order valence-corrected chi connectivity index (χ3v) is 2.95. The van der Waals surface area contributed by atoms with E-state index in [-0.39, 0.29) is 16.2 Å². The Bertz CT molecular complexity index is 490. The van der Waals surface area contributed by atoms with E-state index >= 15 is 0 Å². The summed E-state index contributed by atoms with van der Waals surface area (Å²) in [5, 5.41) is 8.74. The summed E-state index contributed by atoms with van der Waals surface area (Å²) in [6, 6.07) is 5.93. The van der Waals surface area contributed by atoms with Crippen LogP contribution in [-0.4, -0.2) is 15.5 Å². The van der Waals surface area contributed by atoms with Gasteiger partial charge in [0.05, 0.1) is 7.11 Å². The predicted octanol–water partition coefficient (Wildman–Crippen LogP) is 1.49. The lowest BCUT2D eigenvalue weighted by Crippen LogP contribution is -1.97. The summed E-state index contributed by atoms with van der Waals surface area (Å²) >= 11 is 0. The number of nitrogens with zero attached hydrogens (tertiary/aromatic N) is 1. The van der Waals surface area contributed by atoms with Crippen molar-refractivity contribution in [1.82, 2.24) is 0 Å². The number of hydrogen-bond acceptors (Lipinski definition) is 4. The van der Waals surface area contributed by atoms with Gasteiger partial charge in [0.1, 0.15) is 22.3 Å². The first-order valence-electron chi connectivity index (χ1n) is 3.52. The Morgan fingerprint density at radius 2 is 2.14 bits per heavy atom. The highest BCUT2D eigenvalue weighted by Gasteiger charge is 2.18. The summed E-state index contributed by atoms with van der Waals surface area (Å²) in [5.41, 5.74) is -0.0787. The van der Waals surface area contributed by atoms with Crippen molar-refractivity contribution in [2.75, 3.05) is 7.11 Å². The fourth-order valence-electron chi connectivity index (χ4n) is 0.994. The van der Waals surface area contributed by atoms with E-state index in [2.05, 4.69) is 0 Å². The van der Waals surface area contributed by atoms with E-state index in [9.17, 15) is 8.42 Å². The van der Waals surface area contributed by atoms with Gasteiger partial charge in [-0.15, -0.1) is 0 Å². The minimum absolute atomic E-state index is 0.0787. The van der Waals surface area contributed by atoms with Crippen LogP contribution in [0.2, 0.25) is 0 Å². The molecule has 0 heterocycles. The van der Waals surface area contributed by atoms with Gasteiger partial charge in [-0.3, -0.25) is 0 Å². The van der Waals surface area contributed by atoms with E-state index in [1.54, 1.807) is 6.07 Å². The second-order valence-corrected chi connectivity index (χ2v) is 4.92. The lowest BCUT2D eigenvalue weighted by Gasteiger charge is -2.04. The van der Waals surface area contributed by atoms with Crippen LogP contribution in [0.3, 0.4) is 0 Å². The smallest absolute Gasteiger partial charge is 0.262 e. The topological polar surface area (TPSA) is 67.2 Å². The first-order valence-corrected chi connectivity index (χ1v) is 5.83. The molecule has 1 aromatic rings. The summed E-state index contributed by atoms with van der Waals surface area (Å²) in [6.07, 6.45) is 0. The molecule has 0 aliphatic rings. The van der Waals surface area contributed by atoms with E-state index in [0.29, 0.717) is 0 Å². The molecule has 1 aromatic carbocycles. The van der Waals surface area contributed by atoms with Crippen molar-refractivity contribution >= 4 is 19.7 Å². The van der Waals surface area contributed by atoms with Crippen LogP contribution in [-0.2, 0) is 9.05 Å². The Morgan fingerprint density at radius 1 is 1.50 bits per heavy atom. The van der Waals surface area contributed by atoms with Crippen LogP contribution < -0.4 is 4.74 Å².